The first-order valence-corrected chi connectivity index (χ1v) is 8.33. The molecule has 1 unspecified atom stereocenters. The molecule has 0 radical (unpaired) electrons. The van der Waals surface area contributed by atoms with E-state index in [1.807, 2.05) is 26.8 Å². The molecule has 0 bridgehead atoms. The number of likely N-dealkylation sites (tertiary alicyclic amines) is 1. The average Bonchev–Trinajstić information content (AvgIpc) is 2.45. The third-order valence-electron chi connectivity index (χ3n) is 3.55. The normalized spacial score (nSPS) is 19.1. The van der Waals surface area contributed by atoms with Gasteiger partial charge in [0.2, 0.25) is 0 Å². The Hall–Kier alpha value is -1.14. The van der Waals surface area contributed by atoms with Crippen LogP contribution in [0, 0.1) is 0 Å². The zero-order chi connectivity index (χ0) is 16.3. The van der Waals surface area contributed by atoms with Gasteiger partial charge in [-0.1, -0.05) is 0 Å². The molecule has 1 saturated heterocycles. The van der Waals surface area contributed by atoms with Crippen molar-refractivity contribution in [3.63, 3.8) is 0 Å². The Morgan fingerprint density at radius 2 is 2.23 bits per heavy atom. The Morgan fingerprint density at radius 1 is 1.50 bits per heavy atom. The first-order chi connectivity index (χ1) is 10.3. The number of piperidine rings is 1. The Balaban J connectivity index is 2.10. The Kier molecular flexibility index (Phi) is 5.45. The minimum Gasteiger partial charge on any atom is -0.444 e. The zero-order valence-electron chi connectivity index (χ0n) is 13.3. The molecule has 1 aromatic rings. The second-order valence-electron chi connectivity index (χ2n) is 6.65. The van der Waals surface area contributed by atoms with Gasteiger partial charge in [0.25, 0.3) is 0 Å². The van der Waals surface area contributed by atoms with E-state index in [0.717, 1.165) is 24.1 Å². The molecule has 22 heavy (non-hydrogen) atoms. The maximum absolute atomic E-state index is 12.2. The van der Waals surface area contributed by atoms with E-state index >= 15 is 0 Å². The van der Waals surface area contributed by atoms with E-state index in [1.165, 1.54) is 0 Å². The summed E-state index contributed by atoms with van der Waals surface area (Å²) >= 11 is 3.38. The van der Waals surface area contributed by atoms with Crippen LogP contribution in [0.3, 0.4) is 0 Å². The third-order valence-corrected chi connectivity index (χ3v) is 3.95. The number of ether oxygens (including phenoxy) is 1. The van der Waals surface area contributed by atoms with Crippen molar-refractivity contribution in [3.05, 3.63) is 28.0 Å². The first kappa shape index (κ1) is 17.2. The molecule has 1 N–H and O–H groups in total. The number of hydrogen-bond acceptors (Lipinski definition) is 4. The minimum atomic E-state index is -0.484. The lowest BCUT2D eigenvalue weighted by molar-refractivity contribution is 0.0197. The first-order valence-electron chi connectivity index (χ1n) is 7.53. The molecule has 5 nitrogen and oxygen atoms in total. The lowest BCUT2D eigenvalue weighted by Crippen LogP contribution is -2.42. The van der Waals surface area contributed by atoms with Gasteiger partial charge in [-0.25, -0.2) is 9.78 Å². The predicted octanol–water partition coefficient (Wildman–Crippen LogP) is 3.45. The summed E-state index contributed by atoms with van der Waals surface area (Å²) in [5, 5.41) is 9.32. The SMILES string of the molecule is CC(C)(C)OC(=O)N1CCCC(c2cc(CO)cc(Br)n2)C1. The standard InChI is InChI=1S/C16H23BrN2O3/c1-16(2,3)22-15(21)19-6-4-5-12(9-19)13-7-11(10-20)8-14(17)18-13/h7-8,12,20H,4-6,9-10H2,1-3H3. The number of hydrogen-bond donors (Lipinski definition) is 1. The molecular formula is C16H23BrN2O3. The lowest BCUT2D eigenvalue weighted by atomic mass is 9.94. The molecule has 1 fully saturated rings. The minimum absolute atomic E-state index is 0.0172. The smallest absolute Gasteiger partial charge is 0.410 e. The van der Waals surface area contributed by atoms with Gasteiger partial charge in [-0.15, -0.1) is 0 Å². The number of rotatable bonds is 2. The summed E-state index contributed by atoms with van der Waals surface area (Å²) in [6.07, 6.45) is 1.63. The lowest BCUT2D eigenvalue weighted by Gasteiger charge is -2.34. The molecule has 2 heterocycles. The van der Waals surface area contributed by atoms with Crippen LogP contribution in [0.15, 0.2) is 16.7 Å². The number of halogens is 1. The Labute approximate surface area is 139 Å². The summed E-state index contributed by atoms with van der Waals surface area (Å²) in [5.41, 5.74) is 1.25. The molecule has 1 aliphatic rings. The topological polar surface area (TPSA) is 62.7 Å². The largest absolute Gasteiger partial charge is 0.444 e. The van der Waals surface area contributed by atoms with Gasteiger partial charge >= 0.3 is 6.09 Å². The van der Waals surface area contributed by atoms with Gasteiger partial charge in [0.1, 0.15) is 10.2 Å². The second-order valence-corrected chi connectivity index (χ2v) is 7.46. The molecule has 1 atom stereocenters. The monoisotopic (exact) mass is 370 g/mol. The van der Waals surface area contributed by atoms with E-state index in [-0.39, 0.29) is 18.6 Å². The van der Waals surface area contributed by atoms with Crippen LogP contribution >= 0.6 is 15.9 Å². The highest BCUT2D eigenvalue weighted by Gasteiger charge is 2.29. The van der Waals surface area contributed by atoms with Crippen molar-refractivity contribution in [1.82, 2.24) is 9.88 Å². The van der Waals surface area contributed by atoms with Crippen molar-refractivity contribution < 1.29 is 14.6 Å². The molecule has 1 aliphatic heterocycles. The maximum atomic E-state index is 12.2. The molecule has 1 aromatic heterocycles. The summed E-state index contributed by atoms with van der Waals surface area (Å²) in [5.74, 6) is 0.170. The van der Waals surface area contributed by atoms with E-state index < -0.39 is 5.60 Å². The van der Waals surface area contributed by atoms with Gasteiger partial charge in [-0.2, -0.15) is 0 Å². The molecule has 122 valence electrons. The van der Waals surface area contributed by atoms with Gasteiger partial charge in [0, 0.05) is 24.7 Å². The van der Waals surface area contributed by atoms with Gasteiger partial charge in [-0.05, 0) is 67.2 Å². The van der Waals surface area contributed by atoms with Gasteiger partial charge in [0.15, 0.2) is 0 Å². The predicted molar refractivity (Wildman–Crippen MR) is 87.6 cm³/mol. The number of carbonyl (C=O) groups is 1. The Morgan fingerprint density at radius 3 is 2.86 bits per heavy atom. The molecule has 2 rings (SSSR count). The molecule has 0 aliphatic carbocycles. The van der Waals surface area contributed by atoms with Crippen LogP contribution in [0.1, 0.15) is 50.8 Å². The van der Waals surface area contributed by atoms with Gasteiger partial charge in [0.05, 0.1) is 6.61 Å². The summed E-state index contributed by atoms with van der Waals surface area (Å²) in [4.78, 5) is 18.5. The molecule has 6 heteroatoms. The average molecular weight is 371 g/mol. The number of aliphatic hydroxyl groups is 1. The van der Waals surface area contributed by atoms with Crippen LogP contribution in [0.25, 0.3) is 0 Å². The van der Waals surface area contributed by atoms with Crippen LogP contribution in [-0.4, -0.2) is 39.8 Å². The van der Waals surface area contributed by atoms with Crippen molar-refractivity contribution in [2.75, 3.05) is 13.1 Å². The number of pyridine rings is 1. The van der Waals surface area contributed by atoms with Crippen LogP contribution < -0.4 is 0 Å². The molecular weight excluding hydrogens is 348 g/mol. The van der Waals surface area contributed by atoms with Crippen LogP contribution in [-0.2, 0) is 11.3 Å². The van der Waals surface area contributed by atoms with E-state index in [2.05, 4.69) is 20.9 Å². The summed E-state index contributed by atoms with van der Waals surface area (Å²) in [7, 11) is 0. The number of amides is 1. The van der Waals surface area contributed by atoms with E-state index in [1.54, 1.807) is 11.0 Å². The van der Waals surface area contributed by atoms with Crippen LogP contribution in [0.2, 0.25) is 0 Å². The molecule has 1 amide bonds. The zero-order valence-corrected chi connectivity index (χ0v) is 14.9. The fourth-order valence-corrected chi connectivity index (χ4v) is 3.08. The maximum Gasteiger partial charge on any atom is 0.410 e. The van der Waals surface area contributed by atoms with Gasteiger partial charge in [-0.3, -0.25) is 0 Å². The third kappa shape index (κ3) is 4.68. The fraction of sp³-hybridized carbons (Fsp3) is 0.625. The van der Waals surface area contributed by atoms with Crippen LogP contribution in [0.5, 0.6) is 0 Å². The fourth-order valence-electron chi connectivity index (χ4n) is 2.58. The van der Waals surface area contributed by atoms with Gasteiger partial charge < -0.3 is 14.7 Å². The highest BCUT2D eigenvalue weighted by atomic mass is 79.9. The summed E-state index contributed by atoms with van der Waals surface area (Å²) in [6, 6.07) is 3.71. The number of aromatic nitrogens is 1. The highest BCUT2D eigenvalue weighted by Crippen LogP contribution is 2.28. The van der Waals surface area contributed by atoms with E-state index in [9.17, 15) is 9.90 Å². The number of carbonyl (C=O) groups excluding carboxylic acids is 1. The number of nitrogens with zero attached hydrogens (tertiary/aromatic N) is 2. The number of aliphatic hydroxyl groups excluding tert-OH is 1. The van der Waals surface area contributed by atoms with Crippen molar-refractivity contribution >= 4 is 22.0 Å². The molecule has 0 spiro atoms. The van der Waals surface area contributed by atoms with E-state index in [4.69, 9.17) is 4.74 Å². The van der Waals surface area contributed by atoms with Crippen molar-refractivity contribution in [2.45, 2.75) is 51.7 Å². The van der Waals surface area contributed by atoms with E-state index in [0.29, 0.717) is 17.7 Å². The summed E-state index contributed by atoms with van der Waals surface area (Å²) < 4.78 is 6.16. The summed E-state index contributed by atoms with van der Waals surface area (Å²) in [6.45, 7) is 6.91. The van der Waals surface area contributed by atoms with Crippen molar-refractivity contribution in [2.24, 2.45) is 0 Å². The molecule has 0 saturated carbocycles. The Bertz CT molecular complexity index is 543. The van der Waals surface area contributed by atoms with Crippen LogP contribution in [0.4, 0.5) is 4.79 Å². The quantitative estimate of drug-likeness (QED) is 0.809. The van der Waals surface area contributed by atoms with Crippen molar-refractivity contribution in [1.29, 1.82) is 0 Å². The molecule has 0 aromatic carbocycles. The second kappa shape index (κ2) is 6.96. The van der Waals surface area contributed by atoms with Crippen molar-refractivity contribution in [3.8, 4) is 0 Å². The highest BCUT2D eigenvalue weighted by molar-refractivity contribution is 9.10.